The maximum absolute atomic E-state index is 5.49. The van der Waals surface area contributed by atoms with E-state index >= 15 is 0 Å². The summed E-state index contributed by atoms with van der Waals surface area (Å²) in [4.78, 5) is 14.4. The highest BCUT2D eigenvalue weighted by molar-refractivity contribution is 5.85. The third-order valence-corrected chi connectivity index (χ3v) is 4.76. The minimum absolute atomic E-state index is 0.0747. The fourth-order valence-corrected chi connectivity index (χ4v) is 3.27. The van der Waals surface area contributed by atoms with Gasteiger partial charge in [0.1, 0.15) is 5.82 Å². The van der Waals surface area contributed by atoms with Gasteiger partial charge in [0.25, 0.3) is 0 Å². The van der Waals surface area contributed by atoms with Crippen LogP contribution in [0.1, 0.15) is 31.2 Å². The van der Waals surface area contributed by atoms with Crippen molar-refractivity contribution in [3.8, 4) is 22.5 Å². The summed E-state index contributed by atoms with van der Waals surface area (Å²) in [6, 6.07) is 10.4. The zero-order valence-electron chi connectivity index (χ0n) is 15.9. The maximum Gasteiger partial charge on any atom is 0.152 e. The number of oxime groups is 1. The Morgan fingerprint density at radius 3 is 2.85 bits per heavy atom. The molecule has 27 heavy (non-hydrogen) atoms. The molecular weight excluding hydrogens is 338 g/mol. The molecule has 0 saturated heterocycles. The topological polar surface area (TPSA) is 65.2 Å². The highest BCUT2D eigenvalue weighted by Crippen LogP contribution is 2.26. The Hall–Kier alpha value is -3.02. The SMILES string of the molecule is CCC1=NO[C@@H](Cn2ccc(-c3cccc(-c4nc(C)ncc4C)c3)n2)C1. The van der Waals surface area contributed by atoms with E-state index < -0.39 is 0 Å². The molecule has 1 aliphatic rings. The van der Waals surface area contributed by atoms with Crippen LogP contribution in [0.4, 0.5) is 0 Å². The molecule has 0 saturated carbocycles. The summed E-state index contributed by atoms with van der Waals surface area (Å²) >= 11 is 0. The summed E-state index contributed by atoms with van der Waals surface area (Å²) in [5, 5.41) is 8.84. The third kappa shape index (κ3) is 3.74. The largest absolute Gasteiger partial charge is 0.390 e. The Morgan fingerprint density at radius 1 is 1.19 bits per heavy atom. The first-order chi connectivity index (χ1) is 13.1. The first-order valence-corrected chi connectivity index (χ1v) is 9.28. The number of hydrogen-bond acceptors (Lipinski definition) is 5. The summed E-state index contributed by atoms with van der Waals surface area (Å²) in [5.41, 5.74) is 6.23. The van der Waals surface area contributed by atoms with Crippen molar-refractivity contribution >= 4 is 5.71 Å². The number of aromatic nitrogens is 4. The molecule has 0 bridgehead atoms. The van der Waals surface area contributed by atoms with E-state index in [2.05, 4.69) is 40.2 Å². The number of rotatable bonds is 5. The van der Waals surface area contributed by atoms with Crippen LogP contribution in [-0.2, 0) is 11.4 Å². The van der Waals surface area contributed by atoms with Crippen LogP contribution in [0.3, 0.4) is 0 Å². The van der Waals surface area contributed by atoms with Crippen molar-refractivity contribution in [1.82, 2.24) is 19.7 Å². The van der Waals surface area contributed by atoms with Gasteiger partial charge < -0.3 is 4.84 Å². The summed E-state index contributed by atoms with van der Waals surface area (Å²) < 4.78 is 1.93. The molecule has 1 aromatic carbocycles. The van der Waals surface area contributed by atoms with Gasteiger partial charge >= 0.3 is 0 Å². The van der Waals surface area contributed by atoms with Gasteiger partial charge in [-0.1, -0.05) is 30.3 Å². The predicted octanol–water partition coefficient (Wildman–Crippen LogP) is 4.18. The quantitative estimate of drug-likeness (QED) is 0.684. The molecule has 6 nitrogen and oxygen atoms in total. The van der Waals surface area contributed by atoms with Gasteiger partial charge in [0, 0.05) is 29.9 Å². The monoisotopic (exact) mass is 361 g/mol. The molecule has 6 heteroatoms. The van der Waals surface area contributed by atoms with Gasteiger partial charge in [-0.3, -0.25) is 4.68 Å². The van der Waals surface area contributed by atoms with Crippen molar-refractivity contribution in [2.75, 3.05) is 0 Å². The van der Waals surface area contributed by atoms with Crippen molar-refractivity contribution in [3.63, 3.8) is 0 Å². The second kappa shape index (κ2) is 7.31. The molecule has 2 aromatic heterocycles. The molecule has 0 amide bonds. The van der Waals surface area contributed by atoms with Crippen LogP contribution in [0.15, 0.2) is 47.9 Å². The second-order valence-corrected chi connectivity index (χ2v) is 6.90. The molecule has 3 aromatic rings. The Bertz CT molecular complexity index is 992. The number of hydrogen-bond donors (Lipinski definition) is 0. The maximum atomic E-state index is 5.49. The first-order valence-electron chi connectivity index (χ1n) is 9.28. The minimum Gasteiger partial charge on any atom is -0.390 e. The molecule has 0 fully saturated rings. The summed E-state index contributed by atoms with van der Waals surface area (Å²) in [6.07, 6.45) is 5.76. The third-order valence-electron chi connectivity index (χ3n) is 4.76. The highest BCUT2D eigenvalue weighted by atomic mass is 16.6. The average molecular weight is 361 g/mol. The Labute approximate surface area is 158 Å². The van der Waals surface area contributed by atoms with E-state index in [0.717, 1.165) is 52.5 Å². The average Bonchev–Trinajstić information content (AvgIpc) is 3.33. The highest BCUT2D eigenvalue weighted by Gasteiger charge is 2.20. The van der Waals surface area contributed by atoms with Crippen molar-refractivity contribution in [2.45, 2.75) is 46.3 Å². The smallest absolute Gasteiger partial charge is 0.152 e. The molecule has 1 aliphatic heterocycles. The standard InChI is InChI=1S/C21H23N5O/c1-4-18-11-19(27-25-18)13-26-9-8-20(24-26)16-6-5-7-17(10-16)21-14(2)12-22-15(3)23-21/h5-10,12,19H,4,11,13H2,1-3H3/t19-/m1/s1. The van der Waals surface area contributed by atoms with E-state index in [9.17, 15) is 0 Å². The van der Waals surface area contributed by atoms with Gasteiger partial charge in [0.2, 0.25) is 0 Å². The van der Waals surface area contributed by atoms with E-state index in [4.69, 9.17) is 9.94 Å². The van der Waals surface area contributed by atoms with Crippen LogP contribution in [0.25, 0.3) is 22.5 Å². The van der Waals surface area contributed by atoms with Gasteiger partial charge in [-0.2, -0.15) is 5.10 Å². The van der Waals surface area contributed by atoms with E-state index in [1.807, 2.05) is 43.1 Å². The van der Waals surface area contributed by atoms with Crippen LogP contribution in [-0.4, -0.2) is 31.6 Å². The Kier molecular flexibility index (Phi) is 4.71. The zero-order valence-corrected chi connectivity index (χ0v) is 15.9. The lowest BCUT2D eigenvalue weighted by molar-refractivity contribution is 0.0698. The molecule has 138 valence electrons. The molecule has 0 spiro atoms. The Morgan fingerprint density at radius 2 is 2.04 bits per heavy atom. The fourth-order valence-electron chi connectivity index (χ4n) is 3.27. The predicted molar refractivity (Wildman–Crippen MR) is 105 cm³/mol. The van der Waals surface area contributed by atoms with Crippen molar-refractivity contribution in [2.24, 2.45) is 5.16 Å². The van der Waals surface area contributed by atoms with E-state index in [1.165, 1.54) is 0 Å². The zero-order chi connectivity index (χ0) is 18.8. The van der Waals surface area contributed by atoms with Crippen LogP contribution in [0.5, 0.6) is 0 Å². The van der Waals surface area contributed by atoms with Gasteiger partial charge in [0.05, 0.1) is 23.6 Å². The summed E-state index contributed by atoms with van der Waals surface area (Å²) in [6.45, 7) is 6.75. The van der Waals surface area contributed by atoms with Crippen molar-refractivity contribution < 1.29 is 4.84 Å². The van der Waals surface area contributed by atoms with Gasteiger partial charge in [-0.15, -0.1) is 0 Å². The first kappa shape index (κ1) is 17.4. The molecule has 4 rings (SSSR count). The molecular formula is C21H23N5O. The lowest BCUT2D eigenvalue weighted by atomic mass is 10.0. The van der Waals surface area contributed by atoms with E-state index in [0.29, 0.717) is 6.54 Å². The lowest BCUT2D eigenvalue weighted by Crippen LogP contribution is -2.16. The van der Waals surface area contributed by atoms with Crippen molar-refractivity contribution in [1.29, 1.82) is 0 Å². The van der Waals surface area contributed by atoms with E-state index in [-0.39, 0.29) is 6.10 Å². The molecule has 0 N–H and O–H groups in total. The van der Waals surface area contributed by atoms with Crippen LogP contribution in [0, 0.1) is 13.8 Å². The summed E-state index contributed by atoms with van der Waals surface area (Å²) in [5.74, 6) is 0.774. The Balaban J connectivity index is 1.55. The second-order valence-electron chi connectivity index (χ2n) is 6.90. The number of nitrogens with zero attached hydrogens (tertiary/aromatic N) is 5. The van der Waals surface area contributed by atoms with Gasteiger partial charge in [-0.05, 0) is 38.0 Å². The number of aryl methyl sites for hydroxylation is 2. The number of benzene rings is 1. The van der Waals surface area contributed by atoms with Gasteiger partial charge in [0.15, 0.2) is 6.10 Å². The van der Waals surface area contributed by atoms with Crippen LogP contribution in [0.2, 0.25) is 0 Å². The fraction of sp³-hybridized carbons (Fsp3) is 0.333. The molecule has 0 unspecified atom stereocenters. The molecule has 0 aliphatic carbocycles. The van der Waals surface area contributed by atoms with Gasteiger partial charge in [-0.25, -0.2) is 9.97 Å². The van der Waals surface area contributed by atoms with E-state index in [1.54, 1.807) is 0 Å². The van der Waals surface area contributed by atoms with Crippen molar-refractivity contribution in [3.05, 3.63) is 54.1 Å². The summed E-state index contributed by atoms with van der Waals surface area (Å²) in [7, 11) is 0. The molecule has 1 atom stereocenters. The molecule has 3 heterocycles. The lowest BCUT2D eigenvalue weighted by Gasteiger charge is -2.08. The van der Waals surface area contributed by atoms with Crippen LogP contribution < -0.4 is 0 Å². The molecule has 0 radical (unpaired) electrons. The normalized spacial score (nSPS) is 16.3. The minimum atomic E-state index is 0.0747. The van der Waals surface area contributed by atoms with Crippen LogP contribution >= 0.6 is 0 Å².